The Kier molecular flexibility index (Phi) is 9.42. The van der Waals surface area contributed by atoms with Crippen LogP contribution < -0.4 is 0 Å². The summed E-state index contributed by atoms with van der Waals surface area (Å²) in [5, 5.41) is 11.3. The Morgan fingerprint density at radius 3 is 2.70 bits per heavy atom. The van der Waals surface area contributed by atoms with E-state index < -0.39 is 13.1 Å². The maximum absolute atomic E-state index is 14.8. The number of piperazine rings is 1. The van der Waals surface area contributed by atoms with Crippen molar-refractivity contribution in [3.63, 3.8) is 0 Å². The summed E-state index contributed by atoms with van der Waals surface area (Å²) in [6, 6.07) is 15.7. The highest BCUT2D eigenvalue weighted by Gasteiger charge is 2.42. The molecular weight excluding hydrogens is 578 g/mol. The third-order valence-corrected chi connectivity index (χ3v) is 9.08. The maximum atomic E-state index is 14.8. The van der Waals surface area contributed by atoms with Gasteiger partial charge in [-0.2, -0.15) is 0 Å². The first-order valence-corrected chi connectivity index (χ1v) is 15.6. The molecule has 1 amide bonds. The quantitative estimate of drug-likeness (QED) is 0.280. The number of aryl methyl sites for hydroxylation is 3. The number of aromatic nitrogens is 3. The molecule has 0 saturated carbocycles. The summed E-state index contributed by atoms with van der Waals surface area (Å²) in [5.74, 6) is -0.335. The van der Waals surface area contributed by atoms with Gasteiger partial charge in [0, 0.05) is 62.9 Å². The Morgan fingerprint density at radius 2 is 1.93 bits per heavy atom. The van der Waals surface area contributed by atoms with Crippen LogP contribution in [-0.2, 0) is 30.7 Å². The molecule has 1 aliphatic heterocycles. The molecule has 11 heteroatoms. The molecule has 0 unspecified atom stereocenters. The molecule has 2 atom stereocenters. The number of carbonyl (C=O) groups is 1. The topological polar surface area (TPSA) is 77.7 Å². The van der Waals surface area contributed by atoms with Crippen molar-refractivity contribution in [3.05, 3.63) is 118 Å². The van der Waals surface area contributed by atoms with Crippen molar-refractivity contribution in [1.29, 1.82) is 0 Å². The van der Waals surface area contributed by atoms with Gasteiger partial charge in [0.05, 0.1) is 18.1 Å². The summed E-state index contributed by atoms with van der Waals surface area (Å²) in [5.41, 5.74) is 5.26. The normalized spacial score (nSPS) is 18.7. The van der Waals surface area contributed by atoms with Gasteiger partial charge in [0.1, 0.15) is 11.9 Å². The Morgan fingerprint density at radius 1 is 1.11 bits per heavy atom. The van der Waals surface area contributed by atoms with Crippen LogP contribution in [0.3, 0.4) is 0 Å². The molecule has 4 aromatic rings. The standard InChI is InChI=1S/C33H37BClFN6O2/c1-34(44)41-18-19-42(32-29-12-9-27(35)20-26(29)8-7-25-4-2-13-38-31(25)32)30(22-41)33(43)40(16-3-15-39-17-14-37-23-39)21-24-5-10-28(36)11-6-24/h2,4-6,9-14,17,20,23,30,32,44H,3,7-8,15-16,18-19,21-22H2,1H3/t30-,32+/m1/s1. The monoisotopic (exact) mass is 614 g/mol. The number of halogens is 2. The van der Waals surface area contributed by atoms with Gasteiger partial charge in [0.25, 0.3) is 0 Å². The number of fused-ring (bicyclic) bond motifs is 2. The van der Waals surface area contributed by atoms with Gasteiger partial charge in [-0.3, -0.25) is 14.7 Å². The molecule has 0 spiro atoms. The van der Waals surface area contributed by atoms with Crippen molar-refractivity contribution >= 4 is 24.6 Å². The summed E-state index contributed by atoms with van der Waals surface area (Å²) in [4.78, 5) is 29.9. The molecule has 8 nitrogen and oxygen atoms in total. The second kappa shape index (κ2) is 13.6. The fourth-order valence-electron chi connectivity index (χ4n) is 6.56. The van der Waals surface area contributed by atoms with Crippen LogP contribution in [0.4, 0.5) is 4.39 Å². The van der Waals surface area contributed by atoms with Crippen molar-refractivity contribution in [2.75, 3.05) is 26.2 Å². The smallest absolute Gasteiger partial charge is 0.376 e. The first-order chi connectivity index (χ1) is 21.4. The molecule has 1 saturated heterocycles. The zero-order valence-corrected chi connectivity index (χ0v) is 25.7. The molecule has 1 aliphatic carbocycles. The van der Waals surface area contributed by atoms with Crippen LogP contribution in [0.1, 0.15) is 40.4 Å². The van der Waals surface area contributed by atoms with Crippen LogP contribution in [0.5, 0.6) is 0 Å². The first kappa shape index (κ1) is 30.5. The van der Waals surface area contributed by atoms with E-state index in [0.717, 1.165) is 53.8 Å². The fraction of sp³-hybridized carbons (Fsp3) is 0.364. The Balaban J connectivity index is 1.37. The van der Waals surface area contributed by atoms with Gasteiger partial charge in [0.15, 0.2) is 0 Å². The van der Waals surface area contributed by atoms with E-state index in [1.165, 1.54) is 12.1 Å². The molecule has 0 bridgehead atoms. The molecule has 2 aromatic heterocycles. The number of hydrogen-bond acceptors (Lipinski definition) is 6. The molecule has 3 heterocycles. The van der Waals surface area contributed by atoms with E-state index in [0.29, 0.717) is 37.7 Å². The van der Waals surface area contributed by atoms with Gasteiger partial charge in [-0.25, -0.2) is 9.37 Å². The lowest BCUT2D eigenvalue weighted by Crippen LogP contribution is -2.62. The van der Waals surface area contributed by atoms with Gasteiger partial charge < -0.3 is 19.3 Å². The van der Waals surface area contributed by atoms with Crippen molar-refractivity contribution in [2.45, 2.75) is 51.3 Å². The highest BCUT2D eigenvalue weighted by molar-refractivity contribution is 6.45. The van der Waals surface area contributed by atoms with E-state index in [1.807, 2.05) is 44.9 Å². The Labute approximate surface area is 263 Å². The van der Waals surface area contributed by atoms with Gasteiger partial charge in [0.2, 0.25) is 5.91 Å². The summed E-state index contributed by atoms with van der Waals surface area (Å²) in [6.45, 7) is 4.89. The number of nitrogens with zero attached hydrogens (tertiary/aromatic N) is 6. The minimum atomic E-state index is -0.690. The molecule has 0 radical (unpaired) electrons. The molecule has 228 valence electrons. The average Bonchev–Trinajstić information content (AvgIpc) is 3.49. The van der Waals surface area contributed by atoms with Crippen LogP contribution in [0.15, 0.2) is 79.5 Å². The first-order valence-electron chi connectivity index (χ1n) is 15.3. The van der Waals surface area contributed by atoms with E-state index in [2.05, 4.69) is 22.0 Å². The van der Waals surface area contributed by atoms with Gasteiger partial charge in [-0.05, 0) is 78.7 Å². The number of imidazole rings is 1. The molecule has 1 N–H and O–H groups in total. The maximum Gasteiger partial charge on any atom is 0.376 e. The minimum Gasteiger partial charge on any atom is -0.437 e. The van der Waals surface area contributed by atoms with Crippen LogP contribution >= 0.6 is 11.6 Å². The summed E-state index contributed by atoms with van der Waals surface area (Å²) in [6.07, 6.45) is 9.66. The highest BCUT2D eigenvalue weighted by Crippen LogP contribution is 2.39. The van der Waals surface area contributed by atoms with E-state index >= 15 is 0 Å². The SMILES string of the molecule is CB(O)N1CCN([C@H]2c3ccc(Cl)cc3CCc3cccnc32)[C@@H](C(=O)N(CCCn2ccnc2)Cc2ccc(F)cc2)C1. The summed E-state index contributed by atoms with van der Waals surface area (Å²) >= 11 is 6.47. The van der Waals surface area contributed by atoms with Crippen LogP contribution in [0.25, 0.3) is 0 Å². The molecule has 6 rings (SSSR count). The second-order valence-electron chi connectivity index (χ2n) is 11.7. The Hall–Kier alpha value is -3.57. The van der Waals surface area contributed by atoms with Gasteiger partial charge in [-0.15, -0.1) is 0 Å². The number of hydrogen-bond donors (Lipinski definition) is 1. The summed E-state index contributed by atoms with van der Waals surface area (Å²) < 4.78 is 15.8. The van der Waals surface area contributed by atoms with E-state index in [9.17, 15) is 14.2 Å². The second-order valence-corrected chi connectivity index (χ2v) is 12.2. The van der Waals surface area contributed by atoms with Crippen molar-refractivity contribution in [3.8, 4) is 0 Å². The average molecular weight is 615 g/mol. The number of carbonyl (C=O) groups excluding carboxylic acids is 1. The van der Waals surface area contributed by atoms with Crippen LogP contribution in [0, 0.1) is 5.82 Å². The number of pyridine rings is 1. The zero-order valence-electron chi connectivity index (χ0n) is 24.9. The third-order valence-electron chi connectivity index (χ3n) is 8.85. The minimum absolute atomic E-state index is 0.0254. The molecule has 2 aliphatic rings. The lowest BCUT2D eigenvalue weighted by molar-refractivity contribution is -0.140. The predicted molar refractivity (Wildman–Crippen MR) is 170 cm³/mol. The molecular formula is C33H37BClFN6O2. The van der Waals surface area contributed by atoms with E-state index in [4.69, 9.17) is 16.6 Å². The Bertz CT molecular complexity index is 1570. The largest absolute Gasteiger partial charge is 0.437 e. The van der Waals surface area contributed by atoms with Gasteiger partial charge in [-0.1, -0.05) is 35.9 Å². The molecule has 44 heavy (non-hydrogen) atoms. The summed E-state index contributed by atoms with van der Waals surface area (Å²) in [7, 11) is -0.690. The van der Waals surface area contributed by atoms with E-state index in [-0.39, 0.29) is 17.8 Å². The van der Waals surface area contributed by atoms with Crippen molar-refractivity contribution in [2.24, 2.45) is 0 Å². The number of rotatable bonds is 9. The third kappa shape index (κ3) is 6.73. The van der Waals surface area contributed by atoms with E-state index in [1.54, 1.807) is 31.5 Å². The van der Waals surface area contributed by atoms with Crippen molar-refractivity contribution in [1.82, 2.24) is 29.1 Å². The number of amides is 1. The highest BCUT2D eigenvalue weighted by atomic mass is 35.5. The fourth-order valence-corrected chi connectivity index (χ4v) is 6.75. The lowest BCUT2D eigenvalue weighted by atomic mass is 9.82. The predicted octanol–water partition coefficient (Wildman–Crippen LogP) is 4.47. The molecule has 1 fully saturated rings. The van der Waals surface area contributed by atoms with Crippen LogP contribution in [-0.4, -0.2) is 79.3 Å². The number of benzene rings is 2. The van der Waals surface area contributed by atoms with Crippen molar-refractivity contribution < 1.29 is 14.2 Å². The van der Waals surface area contributed by atoms with Crippen LogP contribution in [0.2, 0.25) is 11.8 Å². The zero-order chi connectivity index (χ0) is 30.6. The lowest BCUT2D eigenvalue weighted by Gasteiger charge is -2.46. The van der Waals surface area contributed by atoms with Gasteiger partial charge >= 0.3 is 7.05 Å². The molecule has 2 aromatic carbocycles.